The third-order valence-corrected chi connectivity index (χ3v) is 5.51. The van der Waals surface area contributed by atoms with E-state index in [1.165, 1.54) is 40.9 Å². The Kier molecular flexibility index (Phi) is 14.6. The molecule has 38 heavy (non-hydrogen) atoms. The Morgan fingerprint density at radius 2 is 1.87 bits per heavy atom. The summed E-state index contributed by atoms with van der Waals surface area (Å²) in [5.41, 5.74) is 7.72. The van der Waals surface area contributed by atoms with Gasteiger partial charge < -0.3 is 20.5 Å². The van der Waals surface area contributed by atoms with Crippen LogP contribution < -0.4 is 10.5 Å². The van der Waals surface area contributed by atoms with Gasteiger partial charge in [-0.05, 0) is 31.2 Å². The van der Waals surface area contributed by atoms with Crippen molar-refractivity contribution in [1.82, 2.24) is 9.91 Å². The number of nitrogens with zero attached hydrogens (tertiary/aromatic N) is 4. The van der Waals surface area contributed by atoms with Crippen LogP contribution in [0.1, 0.15) is 39.2 Å². The number of halogens is 3. The van der Waals surface area contributed by atoms with Crippen LogP contribution in [0.4, 0.5) is 14.5 Å². The lowest BCUT2D eigenvalue weighted by molar-refractivity contribution is -0.135. The summed E-state index contributed by atoms with van der Waals surface area (Å²) in [5.74, 6) is -0.501. The molecule has 0 fully saturated rings. The molecule has 0 spiro atoms. The minimum absolute atomic E-state index is 0.000612. The number of carbonyl (C=O) groups is 1. The minimum atomic E-state index is -2.96. The van der Waals surface area contributed by atoms with Crippen molar-refractivity contribution in [2.75, 3.05) is 19.7 Å². The van der Waals surface area contributed by atoms with Crippen molar-refractivity contribution < 1.29 is 23.4 Å². The van der Waals surface area contributed by atoms with E-state index in [0.717, 1.165) is 5.56 Å². The molecule has 1 aliphatic rings. The zero-order chi connectivity index (χ0) is 28.7. The Hall–Kier alpha value is -3.50. The number of nitrogens with two attached hydrogens (primary N) is 1. The van der Waals surface area contributed by atoms with Crippen molar-refractivity contribution in [1.29, 1.82) is 0 Å². The van der Waals surface area contributed by atoms with Gasteiger partial charge >= 0.3 is 6.61 Å². The van der Waals surface area contributed by atoms with Gasteiger partial charge in [-0.15, -0.1) is 13.2 Å². The topological polar surface area (TPSA) is 104 Å². The number of rotatable bonds is 8. The predicted molar refractivity (Wildman–Crippen MR) is 149 cm³/mol. The Morgan fingerprint density at radius 1 is 1.24 bits per heavy atom. The molecule has 1 heterocycles. The molecule has 11 heteroatoms. The summed E-state index contributed by atoms with van der Waals surface area (Å²) in [6.07, 6.45) is 2.64. The average Bonchev–Trinajstić information content (AvgIpc) is 3.35. The highest BCUT2D eigenvalue weighted by Crippen LogP contribution is 2.24. The summed E-state index contributed by atoms with van der Waals surface area (Å²) >= 11 is 5.99. The number of hydrazone groups is 1. The second-order valence-corrected chi connectivity index (χ2v) is 8.21. The van der Waals surface area contributed by atoms with E-state index >= 15 is 0 Å². The monoisotopic (exact) mass is 551 g/mol. The molecule has 0 aliphatic carbocycles. The molecule has 1 atom stereocenters. The third-order valence-electron chi connectivity index (χ3n) is 5.25. The number of ether oxygens (including phenoxy) is 1. The molecule has 208 valence electrons. The molecule has 8 nitrogen and oxygen atoms in total. The predicted octanol–water partition coefficient (Wildman–Crippen LogP) is 5.43. The number of unbranched alkanes of at least 4 members (excludes halogenated alkanes) is 1. The van der Waals surface area contributed by atoms with E-state index < -0.39 is 25.2 Å². The number of likely N-dealkylation sites (N-methyl/N-ethyl adjacent to an activating group) is 1. The fourth-order valence-electron chi connectivity index (χ4n) is 3.33. The van der Waals surface area contributed by atoms with Crippen LogP contribution in [0.3, 0.4) is 0 Å². The molecular formula is C27H36ClF2N5O3. The van der Waals surface area contributed by atoms with Crippen molar-refractivity contribution in [3.63, 3.8) is 0 Å². The van der Waals surface area contributed by atoms with Crippen LogP contribution in [0.2, 0.25) is 5.02 Å². The Morgan fingerprint density at radius 3 is 2.39 bits per heavy atom. The second kappa shape index (κ2) is 17.1. The van der Waals surface area contributed by atoms with E-state index in [1.807, 2.05) is 0 Å². The van der Waals surface area contributed by atoms with Crippen molar-refractivity contribution in [3.05, 3.63) is 72.3 Å². The van der Waals surface area contributed by atoms with Crippen LogP contribution in [-0.4, -0.2) is 64.9 Å². The highest BCUT2D eigenvalue weighted by Gasteiger charge is 2.35. The van der Waals surface area contributed by atoms with Gasteiger partial charge in [-0.2, -0.15) is 13.9 Å². The third kappa shape index (κ3) is 9.75. The van der Waals surface area contributed by atoms with Crippen molar-refractivity contribution in [3.8, 4) is 5.75 Å². The van der Waals surface area contributed by atoms with Gasteiger partial charge in [0.15, 0.2) is 0 Å². The Labute approximate surface area is 228 Å². The smallest absolute Gasteiger partial charge is 0.387 e. The van der Waals surface area contributed by atoms with Crippen molar-refractivity contribution in [2.24, 2.45) is 15.8 Å². The first-order valence-electron chi connectivity index (χ1n) is 12.1. The van der Waals surface area contributed by atoms with E-state index in [9.17, 15) is 18.7 Å². The largest absolute Gasteiger partial charge is 0.435 e. The Bertz CT molecular complexity index is 1060. The first-order valence-corrected chi connectivity index (χ1v) is 12.5. The molecule has 1 aliphatic heterocycles. The summed E-state index contributed by atoms with van der Waals surface area (Å²) < 4.78 is 29.3. The first kappa shape index (κ1) is 32.5. The lowest BCUT2D eigenvalue weighted by Gasteiger charge is -2.28. The van der Waals surface area contributed by atoms with E-state index in [1.54, 1.807) is 37.3 Å². The van der Waals surface area contributed by atoms with Crippen LogP contribution in [0, 0.1) is 0 Å². The van der Waals surface area contributed by atoms with Gasteiger partial charge in [0.2, 0.25) is 11.9 Å². The molecule has 0 aromatic heterocycles. The first-order chi connectivity index (χ1) is 18.2. The van der Waals surface area contributed by atoms with Crippen molar-refractivity contribution in [2.45, 2.75) is 46.3 Å². The van der Waals surface area contributed by atoms with Gasteiger partial charge in [-0.25, -0.2) is 10.0 Å². The van der Waals surface area contributed by atoms with Gasteiger partial charge in [0.1, 0.15) is 12.4 Å². The van der Waals surface area contributed by atoms with Crippen LogP contribution in [0.5, 0.6) is 5.75 Å². The van der Waals surface area contributed by atoms with Crippen LogP contribution in [-0.2, 0) is 4.79 Å². The number of hydrogen-bond acceptors (Lipinski definition) is 5. The van der Waals surface area contributed by atoms with Gasteiger partial charge in [0, 0.05) is 23.2 Å². The number of carbonyl (C=O) groups excluding carboxylic acids is 1. The van der Waals surface area contributed by atoms with Gasteiger partial charge in [0.05, 0.1) is 24.0 Å². The highest BCUT2D eigenvalue weighted by atomic mass is 35.5. The van der Waals surface area contributed by atoms with E-state index in [2.05, 4.69) is 41.8 Å². The highest BCUT2D eigenvalue weighted by molar-refractivity contribution is 6.30. The van der Waals surface area contributed by atoms with E-state index in [0.29, 0.717) is 23.0 Å². The minimum Gasteiger partial charge on any atom is -0.435 e. The summed E-state index contributed by atoms with van der Waals surface area (Å²) in [6, 6.07) is 12.2. The maximum Gasteiger partial charge on any atom is 0.387 e. The number of aliphatic hydroxyl groups excluding tert-OH is 1. The number of amides is 1. The summed E-state index contributed by atoms with van der Waals surface area (Å²) in [5, 5.41) is 15.9. The van der Waals surface area contributed by atoms with E-state index in [-0.39, 0.29) is 18.3 Å². The maximum absolute atomic E-state index is 12.5. The quantitative estimate of drug-likeness (QED) is 0.259. The van der Waals surface area contributed by atoms with Gasteiger partial charge in [0.25, 0.3) is 0 Å². The molecular weight excluding hydrogens is 516 g/mol. The lowest BCUT2D eigenvalue weighted by atomic mass is 10.0. The fourth-order valence-corrected chi connectivity index (χ4v) is 3.46. The number of benzene rings is 2. The SMILES string of the molecule is C=C.CCCC.CCN(C(=O)CO)C1CN(C(N)=Nc2cccc(OC(F)F)c2)N=C1c1ccc(Cl)cc1. The zero-order valence-corrected chi connectivity index (χ0v) is 22.7. The number of guanidine groups is 1. The second-order valence-electron chi connectivity index (χ2n) is 7.77. The zero-order valence-electron chi connectivity index (χ0n) is 22.0. The molecule has 0 bridgehead atoms. The molecule has 1 amide bonds. The maximum atomic E-state index is 12.5. The van der Waals surface area contributed by atoms with Crippen molar-refractivity contribution >= 4 is 34.9 Å². The van der Waals surface area contributed by atoms with Crippen LogP contribution in [0.25, 0.3) is 0 Å². The number of hydrogen-bond donors (Lipinski definition) is 2. The molecule has 0 saturated carbocycles. The summed E-state index contributed by atoms with van der Waals surface area (Å²) in [4.78, 5) is 18.0. The number of aliphatic hydroxyl groups is 1. The Balaban J connectivity index is 0.00000110. The number of alkyl halides is 2. The molecule has 2 aromatic rings. The average molecular weight is 552 g/mol. The van der Waals surface area contributed by atoms with Crippen LogP contribution >= 0.6 is 11.6 Å². The van der Waals surface area contributed by atoms with E-state index in [4.69, 9.17) is 17.3 Å². The summed E-state index contributed by atoms with van der Waals surface area (Å²) in [7, 11) is 0. The van der Waals surface area contributed by atoms with Gasteiger partial charge in [-0.3, -0.25) is 4.79 Å². The molecule has 3 N–H and O–H groups in total. The molecule has 1 unspecified atom stereocenters. The van der Waals surface area contributed by atoms with Crippen LogP contribution in [0.15, 0.2) is 71.8 Å². The molecule has 0 saturated heterocycles. The normalized spacial score (nSPS) is 14.6. The lowest BCUT2D eigenvalue weighted by Crippen LogP contribution is -2.48. The molecule has 2 aromatic carbocycles. The van der Waals surface area contributed by atoms with Gasteiger partial charge in [-0.1, -0.05) is 56.5 Å². The molecule has 0 radical (unpaired) electrons. The molecule has 3 rings (SSSR count). The fraction of sp³-hybridized carbons (Fsp3) is 0.370. The standard InChI is InChI=1S/C21H22ClF2N5O3.C4H10.C2H4/c1-2-28(18(31)12-30)17-11-29(27-19(17)13-6-8-14(22)9-7-13)21(25)26-15-4-3-5-16(10-15)32-20(23)24;1-3-4-2;1-2/h3-10,17,20,30H,2,11-12H2,1H3,(H2,25,26);3-4H2,1-2H3;1-2H2. The number of aliphatic imine (C=N–C) groups is 1. The summed E-state index contributed by atoms with van der Waals surface area (Å²) in [6.45, 7) is 9.09.